The van der Waals surface area contributed by atoms with E-state index in [1.807, 2.05) is 53.7 Å². The first-order chi connectivity index (χ1) is 13.4. The van der Waals surface area contributed by atoms with E-state index in [0.29, 0.717) is 25.9 Å². The van der Waals surface area contributed by atoms with E-state index in [9.17, 15) is 13.8 Å². The zero-order chi connectivity index (χ0) is 22.4. The maximum absolute atomic E-state index is 12.4. The molecular formula is C22H36N2O4S. The van der Waals surface area contributed by atoms with Crippen LogP contribution in [0.2, 0.25) is 0 Å². The molecule has 0 aromatic heterocycles. The van der Waals surface area contributed by atoms with Crippen molar-refractivity contribution in [3.63, 3.8) is 0 Å². The molecule has 29 heavy (non-hydrogen) atoms. The Morgan fingerprint density at radius 3 is 1.97 bits per heavy atom. The van der Waals surface area contributed by atoms with Crippen LogP contribution in [-0.2, 0) is 20.3 Å². The topological polar surface area (TPSA) is 66.9 Å². The molecule has 0 N–H and O–H groups in total. The first-order valence-corrected chi connectivity index (χ1v) is 11.7. The lowest BCUT2D eigenvalue weighted by atomic mass is 9.87. The minimum atomic E-state index is -1.06. The summed E-state index contributed by atoms with van der Waals surface area (Å²) in [6.07, 6.45) is 2.64. The van der Waals surface area contributed by atoms with Crippen LogP contribution in [0.25, 0.3) is 0 Å². The van der Waals surface area contributed by atoms with Gasteiger partial charge in [0.15, 0.2) is 0 Å². The number of amides is 2. The maximum Gasteiger partial charge on any atom is 0.410 e. The number of piperidine rings is 1. The van der Waals surface area contributed by atoms with Crippen molar-refractivity contribution >= 4 is 28.5 Å². The van der Waals surface area contributed by atoms with Crippen LogP contribution < -0.4 is 4.90 Å². The molecule has 0 radical (unpaired) electrons. The van der Waals surface area contributed by atoms with Gasteiger partial charge in [0, 0.05) is 53.2 Å². The molecule has 2 amide bonds. The lowest BCUT2D eigenvalue weighted by molar-refractivity contribution is -0.118. The third-order valence-corrected chi connectivity index (χ3v) is 5.71. The molecule has 1 atom stereocenters. The highest BCUT2D eigenvalue weighted by molar-refractivity contribution is 7.84. The summed E-state index contributed by atoms with van der Waals surface area (Å²) in [4.78, 5) is 29.0. The van der Waals surface area contributed by atoms with E-state index in [4.69, 9.17) is 4.74 Å². The normalized spacial score (nSPS) is 16.9. The Balaban J connectivity index is 0.00000204. The molecular weight excluding hydrogens is 388 g/mol. The fourth-order valence-electron chi connectivity index (χ4n) is 3.38. The molecule has 7 heteroatoms. The number of carbonyl (C=O) groups excluding carboxylic acids is 2. The van der Waals surface area contributed by atoms with E-state index in [0.717, 1.165) is 10.6 Å². The Morgan fingerprint density at radius 2 is 1.59 bits per heavy atom. The van der Waals surface area contributed by atoms with Crippen LogP contribution in [0.1, 0.15) is 61.3 Å². The molecule has 1 aromatic carbocycles. The largest absolute Gasteiger partial charge is 0.444 e. The van der Waals surface area contributed by atoms with Crippen LogP contribution in [-0.4, -0.2) is 51.6 Å². The Labute approximate surface area is 178 Å². The number of carbonyl (C=O) groups is 2. The highest BCUT2D eigenvalue weighted by atomic mass is 32.2. The molecule has 2 rings (SSSR count). The SMILES string of the molecule is CC.CC(=O)N(c1ccc(S(C)=O)cc1)C1(C)CCN(C(=O)OC(C)(C)C)CC1. The summed E-state index contributed by atoms with van der Waals surface area (Å²) >= 11 is 0. The fourth-order valence-corrected chi connectivity index (χ4v) is 3.90. The molecule has 1 heterocycles. The van der Waals surface area contributed by atoms with Crippen molar-refractivity contribution in [1.29, 1.82) is 0 Å². The minimum Gasteiger partial charge on any atom is -0.444 e. The van der Waals surface area contributed by atoms with Crippen molar-refractivity contribution in [3.05, 3.63) is 24.3 Å². The molecule has 1 aliphatic rings. The molecule has 0 bridgehead atoms. The highest BCUT2D eigenvalue weighted by Crippen LogP contribution is 2.34. The zero-order valence-electron chi connectivity index (χ0n) is 19.1. The second-order valence-corrected chi connectivity index (χ2v) is 9.65. The van der Waals surface area contributed by atoms with Crippen molar-refractivity contribution in [2.24, 2.45) is 0 Å². The van der Waals surface area contributed by atoms with E-state index in [1.165, 1.54) is 0 Å². The van der Waals surface area contributed by atoms with E-state index >= 15 is 0 Å². The van der Waals surface area contributed by atoms with Crippen molar-refractivity contribution in [2.45, 2.75) is 77.3 Å². The summed E-state index contributed by atoms with van der Waals surface area (Å²) in [5.41, 5.74) is -0.133. The average molecular weight is 425 g/mol. The smallest absolute Gasteiger partial charge is 0.410 e. The Morgan fingerprint density at radius 1 is 1.10 bits per heavy atom. The third kappa shape index (κ3) is 6.84. The van der Waals surface area contributed by atoms with Gasteiger partial charge in [-0.1, -0.05) is 13.8 Å². The van der Waals surface area contributed by atoms with Gasteiger partial charge in [-0.3, -0.25) is 9.00 Å². The van der Waals surface area contributed by atoms with E-state index < -0.39 is 21.9 Å². The lowest BCUT2D eigenvalue weighted by Gasteiger charge is -2.46. The average Bonchev–Trinajstić information content (AvgIpc) is 2.62. The fraction of sp³-hybridized carbons (Fsp3) is 0.636. The van der Waals surface area contributed by atoms with Crippen molar-refractivity contribution in [3.8, 4) is 0 Å². The number of likely N-dealkylation sites (tertiary alicyclic amines) is 1. The maximum atomic E-state index is 12.4. The predicted octanol–water partition coefficient (Wildman–Crippen LogP) is 4.59. The van der Waals surface area contributed by atoms with Crippen LogP contribution in [0.3, 0.4) is 0 Å². The first kappa shape index (κ1) is 25.1. The monoisotopic (exact) mass is 424 g/mol. The van der Waals surface area contributed by atoms with E-state index in [1.54, 1.807) is 35.1 Å². The Kier molecular flexibility index (Phi) is 8.87. The van der Waals surface area contributed by atoms with Gasteiger partial charge in [0.25, 0.3) is 0 Å². The third-order valence-electron chi connectivity index (χ3n) is 4.77. The number of hydrogen-bond donors (Lipinski definition) is 0. The number of anilines is 1. The summed E-state index contributed by atoms with van der Waals surface area (Å²) in [6, 6.07) is 7.26. The van der Waals surface area contributed by atoms with Gasteiger partial charge in [-0.05, 0) is 64.8 Å². The quantitative estimate of drug-likeness (QED) is 0.712. The molecule has 1 unspecified atom stereocenters. The molecule has 164 valence electrons. The van der Waals surface area contributed by atoms with Crippen molar-refractivity contribution < 1.29 is 18.5 Å². The van der Waals surface area contributed by atoms with Gasteiger partial charge in [0.1, 0.15) is 5.60 Å². The highest BCUT2D eigenvalue weighted by Gasteiger charge is 2.40. The second kappa shape index (κ2) is 10.2. The van der Waals surface area contributed by atoms with Crippen LogP contribution in [0, 0.1) is 0 Å². The molecule has 0 saturated carbocycles. The van der Waals surface area contributed by atoms with Crippen molar-refractivity contribution in [2.75, 3.05) is 24.2 Å². The van der Waals surface area contributed by atoms with Gasteiger partial charge >= 0.3 is 6.09 Å². The number of nitrogens with zero attached hydrogens (tertiary/aromatic N) is 2. The second-order valence-electron chi connectivity index (χ2n) is 8.27. The van der Waals surface area contributed by atoms with Crippen molar-refractivity contribution in [1.82, 2.24) is 4.90 Å². The summed E-state index contributed by atoms with van der Waals surface area (Å²) < 4.78 is 17.1. The van der Waals surface area contributed by atoms with Gasteiger partial charge in [0.05, 0.1) is 0 Å². The number of benzene rings is 1. The zero-order valence-corrected chi connectivity index (χ0v) is 19.9. The van der Waals surface area contributed by atoms with E-state index in [2.05, 4.69) is 0 Å². The molecule has 1 fully saturated rings. The number of rotatable bonds is 3. The standard InChI is InChI=1S/C20H30N2O4S.C2H6/c1-15(23)22(16-7-9-17(10-8-16)27(6)25)20(5)11-13-21(14-12-20)18(24)26-19(2,3)4;1-2/h7-10H,11-14H2,1-6H3;1-2H3. The summed E-state index contributed by atoms with van der Waals surface area (Å²) in [5, 5.41) is 0. The van der Waals surface area contributed by atoms with Crippen LogP contribution in [0.5, 0.6) is 0 Å². The molecule has 0 aliphatic carbocycles. The van der Waals surface area contributed by atoms with E-state index in [-0.39, 0.29) is 12.0 Å². The molecule has 1 aromatic rings. The Hall–Kier alpha value is -1.89. The van der Waals surface area contributed by atoms with Crippen LogP contribution in [0.4, 0.5) is 10.5 Å². The van der Waals surface area contributed by atoms with Gasteiger partial charge in [0.2, 0.25) is 5.91 Å². The summed E-state index contributed by atoms with van der Waals surface area (Å²) in [5.74, 6) is -0.0476. The summed E-state index contributed by atoms with van der Waals surface area (Å²) in [6.45, 7) is 14.2. The van der Waals surface area contributed by atoms with Gasteiger partial charge in [-0.2, -0.15) is 0 Å². The predicted molar refractivity (Wildman–Crippen MR) is 119 cm³/mol. The van der Waals surface area contributed by atoms with Gasteiger partial charge in [-0.25, -0.2) is 4.79 Å². The first-order valence-electron chi connectivity index (χ1n) is 10.2. The van der Waals surface area contributed by atoms with Crippen LogP contribution >= 0.6 is 0 Å². The molecule has 1 aliphatic heterocycles. The lowest BCUT2D eigenvalue weighted by Crippen LogP contribution is -2.56. The summed E-state index contributed by atoms with van der Waals surface area (Å²) in [7, 11) is -1.06. The van der Waals surface area contributed by atoms with Gasteiger partial charge < -0.3 is 14.5 Å². The minimum absolute atomic E-state index is 0.0476. The number of ether oxygens (including phenoxy) is 1. The number of hydrogen-bond acceptors (Lipinski definition) is 4. The van der Waals surface area contributed by atoms with Gasteiger partial charge in [-0.15, -0.1) is 0 Å². The van der Waals surface area contributed by atoms with Crippen LogP contribution in [0.15, 0.2) is 29.2 Å². The Bertz CT molecular complexity index is 717. The molecule has 1 saturated heterocycles. The molecule has 0 spiro atoms. The molecule has 6 nitrogen and oxygen atoms in total.